The molecule has 2 aliphatic rings. The highest BCUT2D eigenvalue weighted by atomic mass is 16.1. The van der Waals surface area contributed by atoms with Crippen LogP contribution in [-0.2, 0) is 4.79 Å². The first kappa shape index (κ1) is 7.14. The minimum Gasteiger partial charge on any atom is -0.369 e. The second-order valence-corrected chi connectivity index (χ2v) is 4.45. The quantitative estimate of drug-likeness (QED) is 0.606. The molecule has 2 saturated carbocycles. The molecule has 0 aromatic carbocycles. The smallest absolute Gasteiger partial charge is 0.221 e. The van der Waals surface area contributed by atoms with Gasteiger partial charge in [0.2, 0.25) is 5.91 Å². The van der Waals surface area contributed by atoms with Crippen LogP contribution in [0.4, 0.5) is 0 Å². The first-order valence-corrected chi connectivity index (χ1v) is 4.41. The largest absolute Gasteiger partial charge is 0.369 e. The van der Waals surface area contributed by atoms with Gasteiger partial charge in [0.15, 0.2) is 0 Å². The average Bonchev–Trinajstić information content (AvgIpc) is 2.41. The molecule has 0 saturated heterocycles. The van der Waals surface area contributed by atoms with Crippen molar-refractivity contribution in [1.29, 1.82) is 0 Å². The van der Waals surface area contributed by atoms with E-state index in [4.69, 9.17) is 5.73 Å². The molecule has 0 unspecified atom stereocenters. The van der Waals surface area contributed by atoms with Crippen LogP contribution in [0.5, 0.6) is 0 Å². The van der Waals surface area contributed by atoms with Crippen molar-refractivity contribution in [1.82, 2.24) is 0 Å². The van der Waals surface area contributed by atoms with Gasteiger partial charge in [0.25, 0.3) is 0 Å². The third kappa shape index (κ3) is 0.883. The summed E-state index contributed by atoms with van der Waals surface area (Å²) in [6.07, 6.45) is 4.83. The summed E-state index contributed by atoms with van der Waals surface area (Å²) >= 11 is 0. The van der Waals surface area contributed by atoms with E-state index in [0.29, 0.717) is 0 Å². The van der Waals surface area contributed by atoms with Crippen molar-refractivity contribution in [3.8, 4) is 0 Å². The van der Waals surface area contributed by atoms with Crippen LogP contribution in [0.25, 0.3) is 0 Å². The highest BCUT2D eigenvalue weighted by Gasteiger charge is 2.50. The van der Waals surface area contributed by atoms with E-state index in [0.717, 1.165) is 12.3 Å². The molecule has 3 atom stereocenters. The molecule has 0 radical (unpaired) electrons. The number of hydrogen-bond donors (Lipinski definition) is 1. The molecule has 2 bridgehead atoms. The van der Waals surface area contributed by atoms with Crippen molar-refractivity contribution in [2.75, 3.05) is 0 Å². The van der Waals surface area contributed by atoms with E-state index in [9.17, 15) is 4.79 Å². The lowest BCUT2D eigenvalue weighted by atomic mass is 9.76. The molecule has 0 aromatic heterocycles. The van der Waals surface area contributed by atoms with Gasteiger partial charge >= 0.3 is 0 Å². The van der Waals surface area contributed by atoms with Gasteiger partial charge in [-0.2, -0.15) is 0 Å². The highest BCUT2D eigenvalue weighted by Crippen LogP contribution is 2.57. The number of rotatable bonds is 1. The van der Waals surface area contributed by atoms with Gasteiger partial charge in [-0.1, -0.05) is 6.92 Å². The molecule has 1 amide bonds. The molecule has 2 fully saturated rings. The van der Waals surface area contributed by atoms with Crippen molar-refractivity contribution in [3.63, 3.8) is 0 Å². The molecular weight excluding hydrogens is 138 g/mol. The minimum absolute atomic E-state index is 0.0744. The normalized spacial score (nSPS) is 48.1. The summed E-state index contributed by atoms with van der Waals surface area (Å²) in [7, 11) is 0. The fourth-order valence-electron chi connectivity index (χ4n) is 2.99. The zero-order valence-corrected chi connectivity index (χ0v) is 6.97. The zero-order chi connectivity index (χ0) is 8.06. The first-order valence-electron chi connectivity index (χ1n) is 4.41. The number of nitrogens with two attached hydrogens (primary N) is 1. The number of carbonyl (C=O) groups is 1. The Morgan fingerprint density at radius 1 is 1.64 bits per heavy atom. The predicted octanol–water partition coefficient (Wildman–Crippen LogP) is 1.30. The van der Waals surface area contributed by atoms with Gasteiger partial charge in [0.1, 0.15) is 0 Å². The van der Waals surface area contributed by atoms with Gasteiger partial charge in [-0.3, -0.25) is 4.79 Å². The molecular formula is C9H15NO. The van der Waals surface area contributed by atoms with Crippen molar-refractivity contribution in [3.05, 3.63) is 0 Å². The molecule has 2 N–H and O–H groups in total. The molecule has 0 spiro atoms. The van der Waals surface area contributed by atoms with Crippen LogP contribution in [-0.4, -0.2) is 5.91 Å². The van der Waals surface area contributed by atoms with Crippen LogP contribution >= 0.6 is 0 Å². The first-order chi connectivity index (χ1) is 5.12. The summed E-state index contributed by atoms with van der Waals surface area (Å²) in [6.45, 7) is 2.22. The van der Waals surface area contributed by atoms with Crippen LogP contribution in [0, 0.1) is 17.3 Å². The molecule has 0 heterocycles. The molecule has 62 valence electrons. The summed E-state index contributed by atoms with van der Waals surface area (Å²) in [4.78, 5) is 11.0. The fraction of sp³-hybridized carbons (Fsp3) is 0.889. The van der Waals surface area contributed by atoms with Gasteiger partial charge < -0.3 is 5.73 Å². The van der Waals surface area contributed by atoms with Gasteiger partial charge in [-0.05, 0) is 37.0 Å². The monoisotopic (exact) mass is 153 g/mol. The maximum absolute atomic E-state index is 11.0. The Kier molecular flexibility index (Phi) is 1.29. The number of amides is 1. The maximum Gasteiger partial charge on any atom is 0.221 e. The Morgan fingerprint density at radius 2 is 2.36 bits per heavy atom. The van der Waals surface area contributed by atoms with E-state index >= 15 is 0 Å². The van der Waals surface area contributed by atoms with E-state index in [-0.39, 0.29) is 17.2 Å². The Labute approximate surface area is 67.1 Å². The maximum atomic E-state index is 11.0. The Balaban J connectivity index is 2.21. The van der Waals surface area contributed by atoms with Gasteiger partial charge in [0.05, 0.1) is 0 Å². The lowest BCUT2D eigenvalue weighted by Gasteiger charge is -2.28. The minimum atomic E-state index is -0.0744. The molecule has 2 heteroatoms. The third-order valence-electron chi connectivity index (χ3n) is 3.63. The predicted molar refractivity (Wildman–Crippen MR) is 42.7 cm³/mol. The fourth-order valence-corrected chi connectivity index (χ4v) is 2.99. The van der Waals surface area contributed by atoms with E-state index in [1.54, 1.807) is 0 Å². The van der Waals surface area contributed by atoms with E-state index < -0.39 is 0 Å². The van der Waals surface area contributed by atoms with Crippen molar-refractivity contribution >= 4 is 5.91 Å². The Morgan fingerprint density at radius 3 is 2.64 bits per heavy atom. The molecule has 2 rings (SSSR count). The summed E-state index contributed by atoms with van der Waals surface area (Å²) in [5, 5.41) is 0. The van der Waals surface area contributed by atoms with E-state index in [2.05, 4.69) is 6.92 Å². The van der Waals surface area contributed by atoms with Crippen molar-refractivity contribution < 1.29 is 4.79 Å². The standard InChI is InChI=1S/C9H15NO/c1-9-3-2-6(5-9)4-7(9)8(10)11/h6-7H,2-5H2,1H3,(H2,10,11)/t6-,7-,9-/m0/s1. The highest BCUT2D eigenvalue weighted by molar-refractivity contribution is 5.78. The molecule has 11 heavy (non-hydrogen) atoms. The number of hydrogen-bond acceptors (Lipinski definition) is 1. The van der Waals surface area contributed by atoms with E-state index in [1.165, 1.54) is 19.3 Å². The summed E-state index contributed by atoms with van der Waals surface area (Å²) in [5.74, 6) is 0.911. The Hall–Kier alpha value is -0.530. The topological polar surface area (TPSA) is 43.1 Å². The van der Waals surface area contributed by atoms with Crippen LogP contribution in [0.15, 0.2) is 0 Å². The van der Waals surface area contributed by atoms with Crippen LogP contribution in [0.1, 0.15) is 32.6 Å². The second kappa shape index (κ2) is 1.99. The van der Waals surface area contributed by atoms with Crippen molar-refractivity contribution in [2.45, 2.75) is 32.6 Å². The lowest BCUT2D eigenvalue weighted by Crippen LogP contribution is -2.33. The number of carbonyl (C=O) groups excluding carboxylic acids is 1. The van der Waals surface area contributed by atoms with Gasteiger partial charge in [0, 0.05) is 5.92 Å². The van der Waals surface area contributed by atoms with Gasteiger partial charge in [-0.15, -0.1) is 0 Å². The number of primary amides is 1. The summed E-state index contributed by atoms with van der Waals surface area (Å²) in [6, 6.07) is 0. The molecule has 2 aliphatic carbocycles. The number of fused-ring (bicyclic) bond motifs is 2. The SMILES string of the molecule is C[C@@]12CC[C@@H](C[C@H]1C(N)=O)C2. The third-order valence-corrected chi connectivity index (χ3v) is 3.63. The molecule has 0 aromatic rings. The molecule has 2 nitrogen and oxygen atoms in total. The van der Waals surface area contributed by atoms with Crippen LogP contribution in [0.2, 0.25) is 0 Å². The second-order valence-electron chi connectivity index (χ2n) is 4.45. The van der Waals surface area contributed by atoms with Crippen LogP contribution < -0.4 is 5.73 Å². The molecule has 0 aliphatic heterocycles. The lowest BCUT2D eigenvalue weighted by molar-refractivity contribution is -0.125. The van der Waals surface area contributed by atoms with Gasteiger partial charge in [-0.25, -0.2) is 0 Å². The van der Waals surface area contributed by atoms with Crippen molar-refractivity contribution in [2.24, 2.45) is 23.0 Å². The zero-order valence-electron chi connectivity index (χ0n) is 6.97. The average molecular weight is 153 g/mol. The Bertz CT molecular complexity index is 202. The summed E-state index contributed by atoms with van der Waals surface area (Å²) < 4.78 is 0. The van der Waals surface area contributed by atoms with E-state index in [1.807, 2.05) is 0 Å². The summed E-state index contributed by atoms with van der Waals surface area (Å²) in [5.41, 5.74) is 5.60. The van der Waals surface area contributed by atoms with Crippen LogP contribution in [0.3, 0.4) is 0 Å².